The quantitative estimate of drug-likeness (QED) is 0.919. The van der Waals surface area contributed by atoms with Gasteiger partial charge in [-0.1, -0.05) is 13.0 Å². The Bertz CT molecular complexity index is 715. The highest BCUT2D eigenvalue weighted by Gasteiger charge is 2.42. The zero-order valence-corrected chi connectivity index (χ0v) is 11.2. The summed E-state index contributed by atoms with van der Waals surface area (Å²) in [5.74, 6) is -1.92. The van der Waals surface area contributed by atoms with Crippen LogP contribution in [0.4, 0.5) is 13.2 Å². The van der Waals surface area contributed by atoms with Gasteiger partial charge in [-0.3, -0.25) is 0 Å². The van der Waals surface area contributed by atoms with Crippen molar-refractivity contribution in [2.24, 2.45) is 5.92 Å². The number of rotatable bonds is 2. The summed E-state index contributed by atoms with van der Waals surface area (Å²) < 4.78 is 40.8. The number of carboxylic acids is 1. The summed E-state index contributed by atoms with van der Waals surface area (Å²) in [6, 6.07) is 3.94. The van der Waals surface area contributed by atoms with E-state index in [9.17, 15) is 18.0 Å². The van der Waals surface area contributed by atoms with E-state index in [0.29, 0.717) is 18.8 Å². The minimum atomic E-state index is -4.60. The van der Waals surface area contributed by atoms with E-state index in [1.54, 1.807) is 0 Å². The molecule has 1 aromatic carbocycles. The van der Waals surface area contributed by atoms with E-state index in [4.69, 9.17) is 5.11 Å². The minimum absolute atomic E-state index is 0.100. The molecule has 0 atom stereocenters. The molecule has 0 amide bonds. The van der Waals surface area contributed by atoms with Crippen LogP contribution in [0.3, 0.4) is 0 Å². The molecule has 21 heavy (non-hydrogen) atoms. The molecule has 7 heteroatoms. The number of hydrogen-bond acceptors (Lipinski definition) is 2. The Kier molecular flexibility index (Phi) is 2.96. The summed E-state index contributed by atoms with van der Waals surface area (Å²) in [5, 5.41) is 9.11. The van der Waals surface area contributed by atoms with Gasteiger partial charge in [0.2, 0.25) is 5.82 Å². The lowest BCUT2D eigenvalue weighted by Gasteiger charge is -2.35. The average Bonchev–Trinajstić information content (AvgIpc) is 2.73. The molecule has 3 rings (SSSR count). The van der Waals surface area contributed by atoms with Gasteiger partial charge in [-0.25, -0.2) is 9.78 Å². The molecule has 2 aromatic rings. The van der Waals surface area contributed by atoms with Gasteiger partial charge in [-0.15, -0.1) is 0 Å². The fourth-order valence-electron chi connectivity index (χ4n) is 2.93. The van der Waals surface area contributed by atoms with Crippen molar-refractivity contribution in [2.45, 2.75) is 32.0 Å². The number of nitrogens with zero attached hydrogens (tertiary/aromatic N) is 2. The molecule has 112 valence electrons. The zero-order chi connectivity index (χ0) is 15.4. The zero-order valence-electron chi connectivity index (χ0n) is 11.2. The van der Waals surface area contributed by atoms with E-state index in [1.165, 1.54) is 18.2 Å². The number of aromatic carboxylic acids is 1. The molecule has 0 bridgehead atoms. The Balaban J connectivity index is 2.27. The highest BCUT2D eigenvalue weighted by Crippen LogP contribution is 2.43. The van der Waals surface area contributed by atoms with Crippen LogP contribution < -0.4 is 0 Å². The molecule has 4 nitrogen and oxygen atoms in total. The summed E-state index contributed by atoms with van der Waals surface area (Å²) in [6.07, 6.45) is -3.31. The van der Waals surface area contributed by atoms with Crippen LogP contribution >= 0.6 is 0 Å². The van der Waals surface area contributed by atoms with Crippen LogP contribution in [-0.2, 0) is 6.18 Å². The summed E-state index contributed by atoms with van der Waals surface area (Å²) in [4.78, 5) is 14.8. The second kappa shape index (κ2) is 4.47. The Morgan fingerprint density at radius 3 is 2.57 bits per heavy atom. The Labute approximate surface area is 118 Å². The van der Waals surface area contributed by atoms with Crippen molar-refractivity contribution in [1.82, 2.24) is 9.55 Å². The normalized spacial score (nSPS) is 22.3. The van der Waals surface area contributed by atoms with Gasteiger partial charge in [0.1, 0.15) is 5.52 Å². The predicted octanol–water partition coefficient (Wildman–Crippen LogP) is 3.72. The van der Waals surface area contributed by atoms with Crippen molar-refractivity contribution in [2.75, 3.05) is 0 Å². The van der Waals surface area contributed by atoms with Gasteiger partial charge in [-0.05, 0) is 30.9 Å². The lowest BCUT2D eigenvalue weighted by molar-refractivity contribution is -0.148. The fourth-order valence-corrected chi connectivity index (χ4v) is 2.93. The van der Waals surface area contributed by atoms with Crippen LogP contribution in [0.2, 0.25) is 0 Å². The van der Waals surface area contributed by atoms with Gasteiger partial charge in [0.25, 0.3) is 0 Å². The molecule has 0 aliphatic heterocycles. The van der Waals surface area contributed by atoms with E-state index in [2.05, 4.69) is 4.98 Å². The van der Waals surface area contributed by atoms with Crippen LogP contribution in [0, 0.1) is 5.92 Å². The topological polar surface area (TPSA) is 55.1 Å². The summed E-state index contributed by atoms with van der Waals surface area (Å²) in [5.41, 5.74) is -0.0693. The van der Waals surface area contributed by atoms with Gasteiger partial charge in [0, 0.05) is 6.04 Å². The van der Waals surface area contributed by atoms with Gasteiger partial charge in [0.05, 0.1) is 11.1 Å². The Morgan fingerprint density at radius 1 is 1.38 bits per heavy atom. The largest absolute Gasteiger partial charge is 0.478 e. The molecule has 0 unspecified atom stereocenters. The van der Waals surface area contributed by atoms with Gasteiger partial charge in [-0.2, -0.15) is 13.2 Å². The summed E-state index contributed by atoms with van der Waals surface area (Å²) in [7, 11) is 0. The number of carbonyl (C=O) groups is 1. The van der Waals surface area contributed by atoms with Gasteiger partial charge < -0.3 is 9.67 Å². The lowest BCUT2D eigenvalue weighted by atomic mass is 9.81. The minimum Gasteiger partial charge on any atom is -0.478 e. The molecular formula is C14H13F3N2O2. The number of fused-ring (bicyclic) bond motifs is 1. The second-order valence-electron chi connectivity index (χ2n) is 5.51. The SMILES string of the molecule is CC1CC(n2c(C(F)(F)F)nc3c(C(=O)O)cccc32)C1. The molecule has 0 spiro atoms. The number of imidazole rings is 1. The molecule has 1 aliphatic carbocycles. The van der Waals surface area contributed by atoms with Crippen LogP contribution in [0.5, 0.6) is 0 Å². The molecule has 1 aromatic heterocycles. The smallest absolute Gasteiger partial charge is 0.449 e. The fraction of sp³-hybridized carbons (Fsp3) is 0.429. The Morgan fingerprint density at radius 2 is 2.05 bits per heavy atom. The predicted molar refractivity (Wildman–Crippen MR) is 69.1 cm³/mol. The van der Waals surface area contributed by atoms with Crippen LogP contribution in [-0.4, -0.2) is 20.6 Å². The third kappa shape index (κ3) is 2.16. The van der Waals surface area contributed by atoms with Crippen LogP contribution in [0.25, 0.3) is 11.0 Å². The molecular weight excluding hydrogens is 285 g/mol. The van der Waals surface area contributed by atoms with E-state index < -0.39 is 18.0 Å². The number of aromatic nitrogens is 2. The van der Waals surface area contributed by atoms with E-state index >= 15 is 0 Å². The number of para-hydroxylation sites is 1. The van der Waals surface area contributed by atoms with E-state index in [1.807, 2.05) is 6.92 Å². The monoisotopic (exact) mass is 298 g/mol. The number of carboxylic acid groups (broad SMARTS) is 1. The maximum Gasteiger partial charge on any atom is 0.449 e. The number of hydrogen-bond donors (Lipinski definition) is 1. The van der Waals surface area contributed by atoms with Crippen molar-refractivity contribution in [3.63, 3.8) is 0 Å². The molecule has 1 N–H and O–H groups in total. The highest BCUT2D eigenvalue weighted by molar-refractivity contribution is 6.01. The maximum absolute atomic E-state index is 13.2. The number of halogens is 3. The van der Waals surface area contributed by atoms with Crippen molar-refractivity contribution in [3.05, 3.63) is 29.6 Å². The third-order valence-electron chi connectivity index (χ3n) is 3.92. The van der Waals surface area contributed by atoms with E-state index in [-0.39, 0.29) is 22.6 Å². The standard InChI is InChI=1S/C14H13F3N2O2/c1-7-5-8(6-7)19-10-4-2-3-9(12(20)21)11(10)18-13(19)14(15,16)17/h2-4,7-8H,5-6H2,1H3,(H,20,21). The third-order valence-corrected chi connectivity index (χ3v) is 3.92. The molecule has 0 saturated heterocycles. The summed E-state index contributed by atoms with van der Waals surface area (Å²) in [6.45, 7) is 1.98. The molecule has 1 aliphatic rings. The first-order chi connectivity index (χ1) is 9.79. The second-order valence-corrected chi connectivity index (χ2v) is 5.51. The van der Waals surface area contributed by atoms with Gasteiger partial charge in [0.15, 0.2) is 0 Å². The van der Waals surface area contributed by atoms with Crippen molar-refractivity contribution >= 4 is 17.0 Å². The number of alkyl halides is 3. The van der Waals surface area contributed by atoms with Crippen molar-refractivity contribution in [1.29, 1.82) is 0 Å². The highest BCUT2D eigenvalue weighted by atomic mass is 19.4. The number of benzene rings is 1. The molecule has 1 heterocycles. The van der Waals surface area contributed by atoms with Crippen LogP contribution in [0.15, 0.2) is 18.2 Å². The lowest BCUT2D eigenvalue weighted by Crippen LogP contribution is -2.28. The molecule has 1 saturated carbocycles. The summed E-state index contributed by atoms with van der Waals surface area (Å²) >= 11 is 0. The Hall–Kier alpha value is -2.05. The van der Waals surface area contributed by atoms with E-state index in [0.717, 1.165) is 4.57 Å². The maximum atomic E-state index is 13.2. The van der Waals surface area contributed by atoms with Gasteiger partial charge >= 0.3 is 12.1 Å². The van der Waals surface area contributed by atoms with Crippen molar-refractivity contribution in [3.8, 4) is 0 Å². The van der Waals surface area contributed by atoms with Crippen molar-refractivity contribution < 1.29 is 23.1 Å². The first-order valence-electron chi connectivity index (χ1n) is 6.60. The average molecular weight is 298 g/mol. The first kappa shape index (κ1) is 13.9. The molecule has 1 fully saturated rings. The first-order valence-corrected chi connectivity index (χ1v) is 6.60. The molecule has 0 radical (unpaired) electrons. The van der Waals surface area contributed by atoms with Crippen LogP contribution in [0.1, 0.15) is 42.0 Å².